The van der Waals surface area contributed by atoms with E-state index in [9.17, 15) is 8.76 Å². The molecule has 0 radical (unpaired) electrons. The van der Waals surface area contributed by atoms with E-state index in [1.165, 1.54) is 0 Å². The lowest BCUT2D eigenvalue weighted by Crippen LogP contribution is -2.09. The van der Waals surface area contributed by atoms with Crippen LogP contribution in [0.4, 0.5) is 5.69 Å². The molecular weight excluding hydrogens is 312 g/mol. The van der Waals surface area contributed by atoms with Crippen molar-refractivity contribution in [1.82, 2.24) is 14.5 Å². The summed E-state index contributed by atoms with van der Waals surface area (Å²) < 4.78 is 23.5. The molecule has 0 aliphatic rings. The number of imidazole rings is 1. The van der Waals surface area contributed by atoms with E-state index in [1.54, 1.807) is 6.20 Å². The number of hydrogen-bond acceptors (Lipinski definition) is 5. The second-order valence-corrected chi connectivity index (χ2v) is 6.04. The number of anilines is 1. The smallest absolute Gasteiger partial charge is 0.165 e. The molecule has 1 N–H and O–H groups in total. The van der Waals surface area contributed by atoms with Crippen molar-refractivity contribution in [2.45, 2.75) is 20.3 Å². The van der Waals surface area contributed by atoms with Gasteiger partial charge in [-0.2, -0.15) is 0 Å². The minimum atomic E-state index is -2.15. The van der Waals surface area contributed by atoms with Gasteiger partial charge in [0.15, 0.2) is 5.65 Å². The van der Waals surface area contributed by atoms with Gasteiger partial charge in [0.05, 0.1) is 17.8 Å². The molecule has 2 heterocycles. The predicted octanol–water partition coefficient (Wildman–Crippen LogP) is 2.54. The molecule has 1 aromatic carbocycles. The van der Waals surface area contributed by atoms with E-state index >= 15 is 0 Å². The molecule has 3 aromatic rings. The van der Waals surface area contributed by atoms with Crippen molar-refractivity contribution in [3.05, 3.63) is 47.9 Å². The lowest BCUT2D eigenvalue weighted by Gasteiger charge is -2.11. The number of pyridine rings is 1. The number of nitrogens with one attached hydrogen (secondary N) is 1. The predicted molar refractivity (Wildman–Crippen MR) is 90.4 cm³/mol. The average molecular weight is 329 g/mol. The van der Waals surface area contributed by atoms with Gasteiger partial charge in [-0.3, -0.25) is 8.78 Å². The van der Waals surface area contributed by atoms with Gasteiger partial charge >= 0.3 is 0 Å². The Kier molecular flexibility index (Phi) is 4.40. The number of benzene rings is 1. The van der Waals surface area contributed by atoms with Crippen LogP contribution >= 0.6 is 0 Å². The summed E-state index contributed by atoms with van der Waals surface area (Å²) in [6.45, 7) is 3.97. The highest BCUT2D eigenvalue weighted by molar-refractivity contribution is 7.79. The fourth-order valence-electron chi connectivity index (χ4n) is 2.58. The SMILES string of the molecule is CCc1nc2c(C)c(NCS(=O)[O-])cnc2n1-c1ccccc1. The third kappa shape index (κ3) is 2.97. The molecule has 0 aliphatic heterocycles. The van der Waals surface area contributed by atoms with Gasteiger partial charge in [-0.1, -0.05) is 25.1 Å². The summed E-state index contributed by atoms with van der Waals surface area (Å²) >= 11 is -2.15. The zero-order valence-corrected chi connectivity index (χ0v) is 13.8. The first-order chi connectivity index (χ1) is 11.1. The molecule has 0 spiro atoms. The molecule has 0 saturated heterocycles. The van der Waals surface area contributed by atoms with E-state index in [0.717, 1.165) is 34.7 Å². The van der Waals surface area contributed by atoms with E-state index in [4.69, 9.17) is 4.98 Å². The zero-order valence-electron chi connectivity index (χ0n) is 12.9. The van der Waals surface area contributed by atoms with Crippen molar-refractivity contribution in [2.24, 2.45) is 0 Å². The summed E-state index contributed by atoms with van der Waals surface area (Å²) in [5.74, 6) is 0.778. The largest absolute Gasteiger partial charge is 0.771 e. The molecule has 1 atom stereocenters. The summed E-state index contributed by atoms with van der Waals surface area (Å²) in [4.78, 5) is 9.20. The molecule has 7 heteroatoms. The van der Waals surface area contributed by atoms with E-state index in [0.29, 0.717) is 5.69 Å². The van der Waals surface area contributed by atoms with Crippen LogP contribution in [0.25, 0.3) is 16.9 Å². The maximum Gasteiger partial charge on any atom is 0.165 e. The van der Waals surface area contributed by atoms with E-state index in [2.05, 4.69) is 17.2 Å². The zero-order chi connectivity index (χ0) is 16.4. The Morgan fingerprint density at radius 2 is 2.04 bits per heavy atom. The Labute approximate surface area is 136 Å². The van der Waals surface area contributed by atoms with Crippen LogP contribution in [0.5, 0.6) is 0 Å². The number of nitrogens with zero attached hydrogens (tertiary/aromatic N) is 3. The summed E-state index contributed by atoms with van der Waals surface area (Å²) in [5.41, 5.74) is 4.15. The fraction of sp³-hybridized carbons (Fsp3) is 0.250. The normalized spacial score (nSPS) is 12.5. The van der Waals surface area contributed by atoms with Crippen LogP contribution < -0.4 is 5.32 Å². The summed E-state index contributed by atoms with van der Waals surface area (Å²) in [6.07, 6.45) is 2.43. The van der Waals surface area contributed by atoms with Gasteiger partial charge in [0.25, 0.3) is 0 Å². The molecule has 0 fully saturated rings. The van der Waals surface area contributed by atoms with Crippen molar-refractivity contribution in [3.8, 4) is 5.69 Å². The lowest BCUT2D eigenvalue weighted by atomic mass is 10.2. The Hall–Kier alpha value is -2.25. The average Bonchev–Trinajstić information content (AvgIpc) is 2.94. The molecule has 3 rings (SSSR count). The number of para-hydroxylation sites is 1. The minimum absolute atomic E-state index is 0.145. The molecule has 0 bridgehead atoms. The molecular formula is C16H17N4O2S-. The monoisotopic (exact) mass is 329 g/mol. The van der Waals surface area contributed by atoms with Gasteiger partial charge < -0.3 is 9.87 Å². The van der Waals surface area contributed by atoms with Crippen LogP contribution in [-0.2, 0) is 17.5 Å². The Morgan fingerprint density at radius 1 is 1.30 bits per heavy atom. The Bertz CT molecular complexity index is 861. The third-order valence-electron chi connectivity index (χ3n) is 3.71. The highest BCUT2D eigenvalue weighted by Gasteiger charge is 2.15. The number of rotatable bonds is 5. The first-order valence-corrected chi connectivity index (χ1v) is 8.58. The second-order valence-electron chi connectivity index (χ2n) is 5.15. The second kappa shape index (κ2) is 6.47. The summed E-state index contributed by atoms with van der Waals surface area (Å²) in [7, 11) is 0. The Morgan fingerprint density at radius 3 is 2.70 bits per heavy atom. The van der Waals surface area contributed by atoms with Gasteiger partial charge in [0.2, 0.25) is 0 Å². The lowest BCUT2D eigenvalue weighted by molar-refractivity contribution is 0.539. The van der Waals surface area contributed by atoms with Crippen LogP contribution in [0.1, 0.15) is 18.3 Å². The van der Waals surface area contributed by atoms with E-state index < -0.39 is 11.1 Å². The molecule has 0 amide bonds. The molecule has 2 aromatic heterocycles. The quantitative estimate of drug-likeness (QED) is 0.727. The van der Waals surface area contributed by atoms with Gasteiger partial charge in [0.1, 0.15) is 11.3 Å². The third-order valence-corrected chi connectivity index (χ3v) is 4.09. The maximum absolute atomic E-state index is 10.7. The first kappa shape index (κ1) is 15.6. The topological polar surface area (TPSA) is 82.9 Å². The van der Waals surface area contributed by atoms with Crippen LogP contribution in [0, 0.1) is 6.92 Å². The van der Waals surface area contributed by atoms with Crippen LogP contribution in [0.3, 0.4) is 0 Å². The van der Waals surface area contributed by atoms with Gasteiger partial charge in [-0.25, -0.2) is 9.97 Å². The van der Waals surface area contributed by atoms with E-state index in [-0.39, 0.29) is 5.88 Å². The summed E-state index contributed by atoms with van der Waals surface area (Å²) in [5, 5.41) is 2.87. The highest BCUT2D eigenvalue weighted by Crippen LogP contribution is 2.26. The number of fused-ring (bicyclic) bond motifs is 1. The molecule has 23 heavy (non-hydrogen) atoms. The molecule has 0 saturated carbocycles. The van der Waals surface area contributed by atoms with Gasteiger partial charge in [0, 0.05) is 17.7 Å². The first-order valence-electron chi connectivity index (χ1n) is 7.34. The number of aromatic nitrogens is 3. The molecule has 1 unspecified atom stereocenters. The van der Waals surface area contributed by atoms with Crippen molar-refractivity contribution < 1.29 is 8.76 Å². The number of aryl methyl sites for hydroxylation is 2. The molecule has 120 valence electrons. The standard InChI is InChI=1S/C16H18N4O2S/c1-3-14-19-15-11(2)13(18-10-23(21)22)9-17-16(15)20(14)12-7-5-4-6-8-12/h4-9,18H,3,10H2,1-2H3,(H,21,22)/p-1. The van der Waals surface area contributed by atoms with E-state index in [1.807, 2.05) is 41.8 Å². The minimum Gasteiger partial charge on any atom is -0.771 e. The van der Waals surface area contributed by atoms with Crippen LogP contribution in [0.15, 0.2) is 36.5 Å². The Balaban J connectivity index is 2.15. The molecule has 0 aliphatic carbocycles. The maximum atomic E-state index is 10.7. The van der Waals surface area contributed by atoms with Crippen LogP contribution in [-0.4, -0.2) is 29.2 Å². The summed E-state index contributed by atoms with van der Waals surface area (Å²) in [6, 6.07) is 9.96. The van der Waals surface area contributed by atoms with Gasteiger partial charge in [-0.05, 0) is 30.1 Å². The van der Waals surface area contributed by atoms with Crippen LogP contribution in [0.2, 0.25) is 0 Å². The van der Waals surface area contributed by atoms with Crippen molar-refractivity contribution in [3.63, 3.8) is 0 Å². The van der Waals surface area contributed by atoms with Crippen molar-refractivity contribution >= 4 is 27.9 Å². The van der Waals surface area contributed by atoms with Crippen molar-refractivity contribution in [1.29, 1.82) is 0 Å². The highest BCUT2D eigenvalue weighted by atomic mass is 32.2. The molecule has 6 nitrogen and oxygen atoms in total. The fourth-order valence-corrected chi connectivity index (χ4v) is 2.85. The number of hydrogen-bond donors (Lipinski definition) is 1. The van der Waals surface area contributed by atoms with Crippen molar-refractivity contribution in [2.75, 3.05) is 11.2 Å². The van der Waals surface area contributed by atoms with Gasteiger partial charge in [-0.15, -0.1) is 0 Å².